The van der Waals surface area contributed by atoms with E-state index in [4.69, 9.17) is 10.5 Å². The molecule has 1 unspecified atom stereocenters. The second-order valence-electron chi connectivity index (χ2n) is 6.59. The maximum absolute atomic E-state index is 13.3. The van der Waals surface area contributed by atoms with Crippen LogP contribution in [0.5, 0.6) is 0 Å². The first-order valence-electron chi connectivity index (χ1n) is 8.52. The Bertz CT molecular complexity index is 847. The number of benzene rings is 2. The summed E-state index contributed by atoms with van der Waals surface area (Å²) in [6, 6.07) is 13.5. The smallest absolute Gasteiger partial charge is 0.258 e. The zero-order valence-corrected chi connectivity index (χ0v) is 13.9. The van der Waals surface area contributed by atoms with E-state index >= 15 is 0 Å². The molecule has 0 bridgehead atoms. The van der Waals surface area contributed by atoms with E-state index in [0.717, 1.165) is 28.8 Å². The van der Waals surface area contributed by atoms with Gasteiger partial charge in [-0.3, -0.25) is 9.59 Å². The van der Waals surface area contributed by atoms with Gasteiger partial charge in [-0.05, 0) is 41.7 Å². The molecule has 2 aromatic carbocycles. The minimum Gasteiger partial charge on any atom is -0.376 e. The highest BCUT2D eigenvalue weighted by Crippen LogP contribution is 2.32. The van der Waals surface area contributed by atoms with Crippen LogP contribution in [-0.4, -0.2) is 25.0 Å². The van der Waals surface area contributed by atoms with Crippen LogP contribution in [0.3, 0.4) is 0 Å². The van der Waals surface area contributed by atoms with Gasteiger partial charge < -0.3 is 15.4 Å². The third-order valence-corrected chi connectivity index (χ3v) is 5.06. The standard InChI is InChI=1S/C20H20N2O3/c21-19(23)15-10-13-4-1-2-7-18(13)22(11-15)20(24)17-6-3-5-14-12-25-9-8-16(14)17/h1-7,15H,8-12H2,(H2,21,23). The molecule has 0 saturated carbocycles. The zero-order chi connectivity index (χ0) is 17.4. The molecule has 0 spiro atoms. The van der Waals surface area contributed by atoms with Gasteiger partial charge in [0.1, 0.15) is 0 Å². The number of ether oxygens (including phenoxy) is 1. The third kappa shape index (κ3) is 2.81. The summed E-state index contributed by atoms with van der Waals surface area (Å²) in [6.45, 7) is 1.49. The van der Waals surface area contributed by atoms with Crippen LogP contribution < -0.4 is 10.6 Å². The van der Waals surface area contributed by atoms with E-state index in [0.29, 0.717) is 31.7 Å². The Kier molecular flexibility index (Phi) is 4.01. The first-order valence-corrected chi connectivity index (χ1v) is 8.52. The highest BCUT2D eigenvalue weighted by molar-refractivity contribution is 6.08. The highest BCUT2D eigenvalue weighted by Gasteiger charge is 2.32. The van der Waals surface area contributed by atoms with Gasteiger partial charge in [0, 0.05) is 17.8 Å². The van der Waals surface area contributed by atoms with Crippen LogP contribution >= 0.6 is 0 Å². The number of hydrogen-bond acceptors (Lipinski definition) is 3. The monoisotopic (exact) mass is 336 g/mol. The highest BCUT2D eigenvalue weighted by atomic mass is 16.5. The molecular formula is C20H20N2O3. The maximum atomic E-state index is 13.3. The van der Waals surface area contributed by atoms with E-state index in [1.807, 2.05) is 42.5 Å². The predicted octanol–water partition coefficient (Wildman–Crippen LogP) is 2.06. The van der Waals surface area contributed by atoms with Gasteiger partial charge in [-0.2, -0.15) is 0 Å². The summed E-state index contributed by atoms with van der Waals surface area (Å²) in [6.07, 6.45) is 1.31. The summed E-state index contributed by atoms with van der Waals surface area (Å²) < 4.78 is 5.49. The number of carbonyl (C=O) groups is 2. The quantitative estimate of drug-likeness (QED) is 0.912. The molecule has 2 aromatic rings. The van der Waals surface area contributed by atoms with Gasteiger partial charge in [-0.25, -0.2) is 0 Å². The van der Waals surface area contributed by atoms with Gasteiger partial charge in [0.05, 0.1) is 19.1 Å². The number of anilines is 1. The van der Waals surface area contributed by atoms with Crippen molar-refractivity contribution in [3.05, 3.63) is 64.7 Å². The third-order valence-electron chi connectivity index (χ3n) is 5.06. The summed E-state index contributed by atoms with van der Waals surface area (Å²) in [5, 5.41) is 0. The average Bonchev–Trinajstić information content (AvgIpc) is 2.66. The van der Waals surface area contributed by atoms with Crippen LogP contribution in [0.2, 0.25) is 0 Å². The molecule has 0 radical (unpaired) electrons. The lowest BCUT2D eigenvalue weighted by Crippen LogP contribution is -2.44. The lowest BCUT2D eigenvalue weighted by Gasteiger charge is -2.34. The van der Waals surface area contributed by atoms with Crippen molar-refractivity contribution in [2.45, 2.75) is 19.4 Å². The molecule has 0 aromatic heterocycles. The van der Waals surface area contributed by atoms with Crippen molar-refractivity contribution in [1.29, 1.82) is 0 Å². The lowest BCUT2D eigenvalue weighted by atomic mass is 9.90. The van der Waals surface area contributed by atoms with Crippen molar-refractivity contribution in [2.24, 2.45) is 11.7 Å². The number of primary amides is 1. The lowest BCUT2D eigenvalue weighted by molar-refractivity contribution is -0.121. The van der Waals surface area contributed by atoms with E-state index in [2.05, 4.69) is 0 Å². The van der Waals surface area contributed by atoms with Crippen molar-refractivity contribution in [3.8, 4) is 0 Å². The van der Waals surface area contributed by atoms with Gasteiger partial charge in [-0.1, -0.05) is 30.3 Å². The number of fused-ring (bicyclic) bond motifs is 2. The Morgan fingerprint density at radius 3 is 2.72 bits per heavy atom. The molecule has 2 aliphatic rings. The maximum Gasteiger partial charge on any atom is 0.258 e. The van der Waals surface area contributed by atoms with Crippen LogP contribution in [0.15, 0.2) is 42.5 Å². The van der Waals surface area contributed by atoms with Gasteiger partial charge in [0.2, 0.25) is 5.91 Å². The number of rotatable bonds is 2. The van der Waals surface area contributed by atoms with Crippen molar-refractivity contribution in [2.75, 3.05) is 18.1 Å². The van der Waals surface area contributed by atoms with Gasteiger partial charge in [-0.15, -0.1) is 0 Å². The molecule has 0 aliphatic carbocycles. The Labute approximate surface area is 146 Å². The largest absolute Gasteiger partial charge is 0.376 e. The number of amides is 2. The van der Waals surface area contributed by atoms with Crippen LogP contribution in [-0.2, 0) is 29.0 Å². The average molecular weight is 336 g/mol. The van der Waals surface area contributed by atoms with E-state index in [1.165, 1.54) is 0 Å². The molecular weight excluding hydrogens is 316 g/mol. The molecule has 0 saturated heterocycles. The molecule has 2 amide bonds. The second kappa shape index (κ2) is 6.33. The number of hydrogen-bond donors (Lipinski definition) is 1. The predicted molar refractivity (Wildman–Crippen MR) is 94.3 cm³/mol. The van der Waals surface area contributed by atoms with Gasteiger partial charge in [0.15, 0.2) is 0 Å². The van der Waals surface area contributed by atoms with Crippen LogP contribution in [0.1, 0.15) is 27.0 Å². The first-order chi connectivity index (χ1) is 12.1. The summed E-state index contributed by atoms with van der Waals surface area (Å²) in [5.74, 6) is -0.797. The molecule has 2 N–H and O–H groups in total. The van der Waals surface area contributed by atoms with Crippen LogP contribution in [0, 0.1) is 5.92 Å². The number of carbonyl (C=O) groups excluding carboxylic acids is 2. The fourth-order valence-electron chi connectivity index (χ4n) is 3.75. The Morgan fingerprint density at radius 1 is 1.08 bits per heavy atom. The molecule has 2 heterocycles. The topological polar surface area (TPSA) is 72.6 Å². The molecule has 1 atom stereocenters. The molecule has 25 heavy (non-hydrogen) atoms. The van der Waals surface area contributed by atoms with Crippen LogP contribution in [0.25, 0.3) is 0 Å². The number of nitrogens with zero attached hydrogens (tertiary/aromatic N) is 1. The van der Waals surface area contributed by atoms with Gasteiger partial charge in [0.25, 0.3) is 5.91 Å². The van der Waals surface area contributed by atoms with E-state index in [9.17, 15) is 9.59 Å². The molecule has 2 aliphatic heterocycles. The van der Waals surface area contributed by atoms with E-state index in [-0.39, 0.29) is 17.7 Å². The second-order valence-corrected chi connectivity index (χ2v) is 6.59. The summed E-state index contributed by atoms with van der Waals surface area (Å²) in [5.41, 5.74) is 10.2. The minimum absolute atomic E-state index is 0.0721. The van der Waals surface area contributed by atoms with Crippen LogP contribution in [0.4, 0.5) is 5.69 Å². The van der Waals surface area contributed by atoms with Crippen molar-refractivity contribution < 1.29 is 14.3 Å². The molecule has 128 valence electrons. The van der Waals surface area contributed by atoms with E-state index < -0.39 is 0 Å². The first kappa shape index (κ1) is 15.8. The van der Waals surface area contributed by atoms with Gasteiger partial charge >= 0.3 is 0 Å². The molecule has 0 fully saturated rings. The van der Waals surface area contributed by atoms with Crippen molar-refractivity contribution in [3.63, 3.8) is 0 Å². The van der Waals surface area contributed by atoms with Crippen molar-refractivity contribution in [1.82, 2.24) is 0 Å². The zero-order valence-electron chi connectivity index (χ0n) is 13.9. The SMILES string of the molecule is NC(=O)C1Cc2ccccc2N(C(=O)c2cccc3c2CCOC3)C1. The Balaban J connectivity index is 1.76. The molecule has 4 rings (SSSR count). The molecule has 5 nitrogen and oxygen atoms in total. The fourth-order valence-corrected chi connectivity index (χ4v) is 3.75. The number of para-hydroxylation sites is 1. The fraction of sp³-hybridized carbons (Fsp3) is 0.300. The van der Waals surface area contributed by atoms with Crippen molar-refractivity contribution >= 4 is 17.5 Å². The Hall–Kier alpha value is -2.66. The normalized spacial score (nSPS) is 19.0. The summed E-state index contributed by atoms with van der Waals surface area (Å²) in [4.78, 5) is 26.8. The minimum atomic E-state index is -0.365. The van der Waals surface area contributed by atoms with E-state index in [1.54, 1.807) is 4.90 Å². The Morgan fingerprint density at radius 2 is 1.88 bits per heavy atom. The molecule has 5 heteroatoms. The summed E-state index contributed by atoms with van der Waals surface area (Å²) >= 11 is 0. The summed E-state index contributed by atoms with van der Waals surface area (Å²) in [7, 11) is 0. The number of nitrogens with two attached hydrogens (primary N) is 1.